The van der Waals surface area contributed by atoms with Gasteiger partial charge in [-0.25, -0.2) is 0 Å². The van der Waals surface area contributed by atoms with Crippen LogP contribution in [0.15, 0.2) is 48.6 Å². The maximum atomic E-state index is 12.4. The van der Waals surface area contributed by atoms with Gasteiger partial charge in [0.25, 0.3) is 0 Å². The number of hydrogen-bond acceptors (Lipinski definition) is 5. The van der Waals surface area contributed by atoms with Crippen molar-refractivity contribution >= 4 is 11.9 Å². The van der Waals surface area contributed by atoms with Crippen LogP contribution in [-0.2, 0) is 14.3 Å². The fraction of sp³-hybridized carbons (Fsp3) is 0.863. The first kappa shape index (κ1) is 76.8. The number of amides is 1. The Hall–Kier alpha value is -2.18. The van der Waals surface area contributed by atoms with Crippen LogP contribution in [0, 0.1) is 0 Å². The second-order valence-corrected chi connectivity index (χ2v) is 24.2. The molecular formula is C73H137NO5. The molecule has 6 nitrogen and oxygen atoms in total. The molecule has 3 N–H and O–H groups in total. The molecule has 0 rings (SSSR count). The van der Waals surface area contributed by atoms with Crippen molar-refractivity contribution in [2.45, 2.75) is 392 Å². The summed E-state index contributed by atoms with van der Waals surface area (Å²) in [6.45, 7) is 4.90. The molecule has 0 aliphatic heterocycles. The van der Waals surface area contributed by atoms with E-state index in [-0.39, 0.29) is 18.5 Å². The number of unbranched alkanes of at least 4 members (excludes halogenated alkanes) is 49. The van der Waals surface area contributed by atoms with Crippen molar-refractivity contribution in [1.29, 1.82) is 0 Å². The Kier molecular flexibility index (Phi) is 66.4. The highest BCUT2D eigenvalue weighted by atomic mass is 16.5. The third-order valence-electron chi connectivity index (χ3n) is 16.3. The Bertz CT molecular complexity index is 1320. The van der Waals surface area contributed by atoms with Gasteiger partial charge in [0.05, 0.1) is 25.4 Å². The molecule has 0 bridgehead atoms. The van der Waals surface area contributed by atoms with Crippen LogP contribution in [0.4, 0.5) is 0 Å². The molecule has 0 aliphatic rings. The highest BCUT2D eigenvalue weighted by molar-refractivity contribution is 5.76. The number of esters is 1. The zero-order chi connectivity index (χ0) is 57.1. The predicted molar refractivity (Wildman–Crippen MR) is 347 cm³/mol. The summed E-state index contributed by atoms with van der Waals surface area (Å²) in [5.74, 6) is -0.0534. The minimum Gasteiger partial charge on any atom is -0.466 e. The molecule has 0 heterocycles. The minimum absolute atomic E-state index is 0.0133. The monoisotopic (exact) mass is 1110 g/mol. The van der Waals surface area contributed by atoms with Gasteiger partial charge in [0.2, 0.25) is 5.91 Å². The average molecular weight is 1110 g/mol. The van der Waals surface area contributed by atoms with E-state index in [1.165, 1.54) is 302 Å². The molecule has 6 heteroatoms. The van der Waals surface area contributed by atoms with E-state index in [1.807, 2.05) is 6.08 Å². The minimum atomic E-state index is -0.841. The van der Waals surface area contributed by atoms with Crippen LogP contribution < -0.4 is 5.32 Å². The summed E-state index contributed by atoms with van der Waals surface area (Å²) in [7, 11) is 0. The topological polar surface area (TPSA) is 95.9 Å². The molecule has 79 heavy (non-hydrogen) atoms. The van der Waals surface area contributed by atoms with E-state index in [0.29, 0.717) is 19.4 Å². The molecule has 0 aliphatic carbocycles. The molecule has 0 spiro atoms. The van der Waals surface area contributed by atoms with Gasteiger partial charge in [0, 0.05) is 12.8 Å². The molecule has 2 atom stereocenters. The lowest BCUT2D eigenvalue weighted by molar-refractivity contribution is -0.143. The van der Waals surface area contributed by atoms with E-state index in [9.17, 15) is 19.8 Å². The summed E-state index contributed by atoms with van der Waals surface area (Å²) >= 11 is 0. The molecule has 0 saturated heterocycles. The number of carbonyl (C=O) groups is 2. The molecular weight excluding hydrogens is 971 g/mol. The summed E-state index contributed by atoms with van der Waals surface area (Å²) in [6, 6.07) is -0.625. The number of aliphatic hydroxyl groups excluding tert-OH is 2. The van der Waals surface area contributed by atoms with Crippen molar-refractivity contribution in [3.8, 4) is 0 Å². The van der Waals surface area contributed by atoms with Gasteiger partial charge in [-0.2, -0.15) is 0 Å². The summed E-state index contributed by atoms with van der Waals surface area (Å²) in [5, 5.41) is 23.0. The van der Waals surface area contributed by atoms with Gasteiger partial charge in [-0.3, -0.25) is 9.59 Å². The van der Waals surface area contributed by atoms with Crippen LogP contribution in [-0.4, -0.2) is 47.4 Å². The highest BCUT2D eigenvalue weighted by Gasteiger charge is 2.18. The molecule has 0 aromatic heterocycles. The third-order valence-corrected chi connectivity index (χ3v) is 16.3. The van der Waals surface area contributed by atoms with Crippen LogP contribution in [0.3, 0.4) is 0 Å². The van der Waals surface area contributed by atoms with Gasteiger partial charge in [-0.15, -0.1) is 0 Å². The summed E-state index contributed by atoms with van der Waals surface area (Å²) in [4.78, 5) is 24.5. The number of rotatable bonds is 66. The largest absolute Gasteiger partial charge is 0.466 e. The number of allylic oxidation sites excluding steroid dienone is 7. The first-order valence-corrected chi connectivity index (χ1v) is 35.4. The molecule has 2 unspecified atom stereocenters. The third kappa shape index (κ3) is 64.8. The van der Waals surface area contributed by atoms with Crippen LogP contribution in [0.1, 0.15) is 380 Å². The zero-order valence-electron chi connectivity index (χ0n) is 53.1. The standard InChI is InChI=1S/C73H137NO5/c1-3-5-7-9-11-13-15-16-17-37-41-44-47-51-55-59-63-67-73(78)79-68-64-60-56-52-48-45-42-39-36-34-32-30-28-26-24-22-20-18-19-21-23-25-27-29-31-33-35-38-40-43-46-50-54-58-62-66-72(77)74-70(69-75)71(76)65-61-57-53-49-14-12-10-8-6-4-2/h16-17,20,22,26,28,61,65,70-71,75-76H,3-15,18-19,21,23-25,27,29-60,62-64,66-69H2,1-2H3,(H,74,77)/b17-16-,22-20-,28-26-,65-61+. The maximum absolute atomic E-state index is 12.4. The van der Waals surface area contributed by atoms with Crippen LogP contribution in [0.5, 0.6) is 0 Å². The molecule has 0 fully saturated rings. The zero-order valence-corrected chi connectivity index (χ0v) is 53.1. The fourth-order valence-electron chi connectivity index (χ4n) is 10.9. The second kappa shape index (κ2) is 68.3. The SMILES string of the molecule is CCCCCCCC/C=C\CCCCCCCCCC(=O)OCCCCCCCCCCCCC/C=C\C/C=C\CCCCCCCCCCCCCCCCCCCC(=O)NC(CO)C(O)/C=C/CCCCCCCCCC. The fourth-order valence-corrected chi connectivity index (χ4v) is 10.9. The summed E-state index contributed by atoms with van der Waals surface area (Å²) < 4.78 is 5.50. The van der Waals surface area contributed by atoms with Crippen molar-refractivity contribution in [3.63, 3.8) is 0 Å². The second-order valence-electron chi connectivity index (χ2n) is 24.2. The van der Waals surface area contributed by atoms with E-state index in [0.717, 1.165) is 51.4 Å². The first-order chi connectivity index (χ1) is 39.0. The van der Waals surface area contributed by atoms with E-state index in [2.05, 4.69) is 55.6 Å². The Morgan fingerprint density at radius 1 is 0.354 bits per heavy atom. The van der Waals surface area contributed by atoms with Gasteiger partial charge < -0.3 is 20.3 Å². The number of aliphatic hydroxyl groups is 2. The van der Waals surface area contributed by atoms with Gasteiger partial charge in [0.1, 0.15) is 0 Å². The van der Waals surface area contributed by atoms with Crippen molar-refractivity contribution in [2.24, 2.45) is 0 Å². The van der Waals surface area contributed by atoms with E-state index < -0.39 is 12.1 Å². The average Bonchev–Trinajstić information content (AvgIpc) is 3.45. The van der Waals surface area contributed by atoms with E-state index in [1.54, 1.807) is 6.08 Å². The molecule has 0 saturated carbocycles. The van der Waals surface area contributed by atoms with Crippen LogP contribution >= 0.6 is 0 Å². The summed E-state index contributed by atoms with van der Waals surface area (Å²) in [5.41, 5.74) is 0. The molecule has 0 aromatic carbocycles. The van der Waals surface area contributed by atoms with Crippen molar-refractivity contribution in [1.82, 2.24) is 5.32 Å². The Labute approximate surface area is 493 Å². The number of ether oxygens (including phenoxy) is 1. The molecule has 0 radical (unpaired) electrons. The smallest absolute Gasteiger partial charge is 0.305 e. The highest BCUT2D eigenvalue weighted by Crippen LogP contribution is 2.18. The maximum Gasteiger partial charge on any atom is 0.305 e. The molecule has 1 amide bonds. The van der Waals surface area contributed by atoms with Gasteiger partial charge >= 0.3 is 5.97 Å². The molecule has 0 aromatic rings. The Morgan fingerprint density at radius 2 is 0.633 bits per heavy atom. The van der Waals surface area contributed by atoms with Crippen molar-refractivity contribution in [2.75, 3.05) is 13.2 Å². The Balaban J connectivity index is 3.35. The van der Waals surface area contributed by atoms with Gasteiger partial charge in [-0.05, 0) is 89.9 Å². The van der Waals surface area contributed by atoms with Crippen molar-refractivity contribution < 1.29 is 24.5 Å². The summed E-state index contributed by atoms with van der Waals surface area (Å²) in [6.07, 6.45) is 89.3. The van der Waals surface area contributed by atoms with Gasteiger partial charge in [-0.1, -0.05) is 326 Å². The number of nitrogens with one attached hydrogen (secondary N) is 1. The van der Waals surface area contributed by atoms with Crippen molar-refractivity contribution in [3.05, 3.63) is 48.6 Å². The predicted octanol–water partition coefficient (Wildman–Crippen LogP) is 22.9. The lowest BCUT2D eigenvalue weighted by Gasteiger charge is -2.20. The number of carbonyl (C=O) groups excluding carboxylic acids is 2. The Morgan fingerprint density at radius 3 is 0.975 bits per heavy atom. The first-order valence-electron chi connectivity index (χ1n) is 35.4. The number of hydrogen-bond donors (Lipinski definition) is 3. The van der Waals surface area contributed by atoms with Gasteiger partial charge in [0.15, 0.2) is 0 Å². The molecule has 464 valence electrons. The quantitative estimate of drug-likeness (QED) is 0.0320. The van der Waals surface area contributed by atoms with Crippen LogP contribution in [0.25, 0.3) is 0 Å². The normalized spacial score (nSPS) is 12.8. The van der Waals surface area contributed by atoms with Crippen LogP contribution in [0.2, 0.25) is 0 Å². The lowest BCUT2D eigenvalue weighted by atomic mass is 10.0. The van der Waals surface area contributed by atoms with E-state index in [4.69, 9.17) is 4.74 Å². The lowest BCUT2D eigenvalue weighted by Crippen LogP contribution is -2.45. The van der Waals surface area contributed by atoms with E-state index >= 15 is 0 Å².